The van der Waals surface area contributed by atoms with Gasteiger partial charge in [-0.05, 0) is 25.7 Å². The number of hydrogen-bond acceptors (Lipinski definition) is 3. The summed E-state index contributed by atoms with van der Waals surface area (Å²) in [6.07, 6.45) is 5.53. The molecular weight excluding hydrogens is 276 g/mol. The summed E-state index contributed by atoms with van der Waals surface area (Å²) in [5.41, 5.74) is 0. The molecule has 20 heavy (non-hydrogen) atoms. The number of sulfonamides is 1. The van der Waals surface area contributed by atoms with Gasteiger partial charge in [0.15, 0.2) is 0 Å². The van der Waals surface area contributed by atoms with Crippen molar-refractivity contribution in [2.75, 3.05) is 13.1 Å². The third kappa shape index (κ3) is 3.73. The molecule has 0 unspecified atom stereocenters. The first-order chi connectivity index (χ1) is 9.40. The highest BCUT2D eigenvalue weighted by molar-refractivity contribution is 7.90. The quantitative estimate of drug-likeness (QED) is 0.855. The Bertz CT molecular complexity index is 441. The first-order valence-electron chi connectivity index (χ1n) is 7.70. The molecule has 0 radical (unpaired) electrons. The number of piperidine rings is 1. The zero-order valence-corrected chi connectivity index (χ0v) is 13.3. The molecule has 2 fully saturated rings. The van der Waals surface area contributed by atoms with Gasteiger partial charge in [-0.15, -0.1) is 0 Å². The van der Waals surface area contributed by atoms with Crippen molar-refractivity contribution >= 4 is 15.9 Å². The van der Waals surface area contributed by atoms with Crippen LogP contribution < -0.4 is 4.72 Å². The first-order valence-corrected chi connectivity index (χ1v) is 9.24. The first kappa shape index (κ1) is 15.8. The van der Waals surface area contributed by atoms with E-state index >= 15 is 0 Å². The largest absolute Gasteiger partial charge is 0.341 e. The molecule has 1 N–H and O–H groups in total. The summed E-state index contributed by atoms with van der Waals surface area (Å²) in [4.78, 5) is 13.7. The second kappa shape index (κ2) is 6.43. The van der Waals surface area contributed by atoms with E-state index in [1.54, 1.807) is 4.90 Å². The lowest BCUT2D eigenvalue weighted by atomic mass is 10.1. The molecule has 1 aliphatic carbocycles. The van der Waals surface area contributed by atoms with Crippen molar-refractivity contribution in [3.8, 4) is 0 Å². The molecule has 2 aliphatic rings. The second-order valence-electron chi connectivity index (χ2n) is 6.35. The Labute approximate surface area is 122 Å². The molecule has 5 nitrogen and oxygen atoms in total. The van der Waals surface area contributed by atoms with Crippen LogP contribution in [0.5, 0.6) is 0 Å². The minimum atomic E-state index is -3.30. The van der Waals surface area contributed by atoms with Crippen LogP contribution in [0.4, 0.5) is 0 Å². The Balaban J connectivity index is 1.98. The number of rotatable bonds is 4. The summed E-state index contributed by atoms with van der Waals surface area (Å²) < 4.78 is 27.7. The van der Waals surface area contributed by atoms with Crippen LogP contribution >= 0.6 is 0 Å². The molecule has 1 saturated carbocycles. The average molecular weight is 302 g/mol. The zero-order chi connectivity index (χ0) is 14.8. The maximum Gasteiger partial charge on any atom is 0.225 e. The molecule has 1 saturated heterocycles. The predicted octanol–water partition coefficient (Wildman–Crippen LogP) is 1.50. The molecule has 6 heteroatoms. The van der Waals surface area contributed by atoms with Crippen LogP contribution in [0.25, 0.3) is 0 Å². The van der Waals surface area contributed by atoms with E-state index in [1.807, 2.05) is 13.8 Å². The van der Waals surface area contributed by atoms with Crippen molar-refractivity contribution in [3.63, 3.8) is 0 Å². The highest BCUT2D eigenvalue weighted by Gasteiger charge is 2.34. The number of carbonyl (C=O) groups is 1. The van der Waals surface area contributed by atoms with Crippen LogP contribution in [0.2, 0.25) is 0 Å². The summed E-state index contributed by atoms with van der Waals surface area (Å²) in [6, 6.07) is 0.108. The van der Waals surface area contributed by atoms with E-state index in [2.05, 4.69) is 4.72 Å². The summed E-state index contributed by atoms with van der Waals surface area (Å²) in [5, 5.41) is -0.445. The maximum atomic E-state index is 12.4. The lowest BCUT2D eigenvalue weighted by molar-refractivity contribution is -0.135. The van der Waals surface area contributed by atoms with Crippen LogP contribution in [0.15, 0.2) is 0 Å². The Kier molecular flexibility index (Phi) is 5.07. The fraction of sp³-hybridized carbons (Fsp3) is 0.929. The van der Waals surface area contributed by atoms with Crippen LogP contribution in [0, 0.1) is 5.92 Å². The van der Waals surface area contributed by atoms with E-state index in [0.717, 1.165) is 32.1 Å². The zero-order valence-electron chi connectivity index (χ0n) is 12.5. The lowest BCUT2D eigenvalue weighted by Gasteiger charge is -2.34. The number of amides is 1. The molecule has 0 aromatic carbocycles. The summed E-state index contributed by atoms with van der Waals surface area (Å²) in [5.74, 6) is -0.00925. The van der Waals surface area contributed by atoms with Crippen molar-refractivity contribution < 1.29 is 13.2 Å². The molecule has 0 aromatic heterocycles. The molecule has 2 rings (SSSR count). The van der Waals surface area contributed by atoms with E-state index < -0.39 is 15.3 Å². The highest BCUT2D eigenvalue weighted by atomic mass is 32.2. The molecular formula is C14H26N2O3S. The average Bonchev–Trinajstić information content (AvgIpc) is 2.90. The smallest absolute Gasteiger partial charge is 0.225 e. The molecule has 0 spiro atoms. The van der Waals surface area contributed by atoms with E-state index in [-0.39, 0.29) is 17.9 Å². The summed E-state index contributed by atoms with van der Waals surface area (Å²) >= 11 is 0. The number of carbonyl (C=O) groups excluding carboxylic acids is 1. The third-order valence-electron chi connectivity index (χ3n) is 4.31. The molecule has 1 aliphatic heterocycles. The maximum absolute atomic E-state index is 12.4. The second-order valence-corrected chi connectivity index (χ2v) is 8.34. The van der Waals surface area contributed by atoms with E-state index in [4.69, 9.17) is 0 Å². The minimum absolute atomic E-state index is 0.0609. The molecule has 1 heterocycles. The van der Waals surface area contributed by atoms with Crippen molar-refractivity contribution in [2.24, 2.45) is 5.92 Å². The summed E-state index contributed by atoms with van der Waals surface area (Å²) in [7, 11) is -3.30. The van der Waals surface area contributed by atoms with Gasteiger partial charge in [-0.1, -0.05) is 26.7 Å². The van der Waals surface area contributed by atoms with Gasteiger partial charge in [0.1, 0.15) is 0 Å². The van der Waals surface area contributed by atoms with Gasteiger partial charge in [0.05, 0.1) is 5.25 Å². The SMILES string of the molecule is CC(C)C(=O)N1CCC[C@H](S(=O)(=O)NC2CCCC2)C1. The number of hydrogen-bond donors (Lipinski definition) is 1. The molecule has 0 bridgehead atoms. The Hall–Kier alpha value is -0.620. The van der Waals surface area contributed by atoms with Gasteiger partial charge in [0.2, 0.25) is 15.9 Å². The fourth-order valence-electron chi connectivity index (χ4n) is 3.13. The van der Waals surface area contributed by atoms with Crippen molar-refractivity contribution in [2.45, 2.75) is 63.7 Å². The van der Waals surface area contributed by atoms with Crippen molar-refractivity contribution in [1.29, 1.82) is 0 Å². The fourth-order valence-corrected chi connectivity index (χ4v) is 4.87. The van der Waals surface area contributed by atoms with Crippen molar-refractivity contribution in [1.82, 2.24) is 9.62 Å². The normalized spacial score (nSPS) is 25.4. The number of nitrogens with one attached hydrogen (secondary N) is 1. The standard InChI is InChI=1S/C14H26N2O3S/c1-11(2)14(17)16-9-5-8-13(10-16)20(18,19)15-12-6-3-4-7-12/h11-13,15H,3-10H2,1-2H3/t13-/m0/s1. The summed E-state index contributed by atoms with van der Waals surface area (Å²) in [6.45, 7) is 4.75. The molecule has 1 amide bonds. The lowest BCUT2D eigenvalue weighted by Crippen LogP contribution is -2.50. The monoisotopic (exact) mass is 302 g/mol. The molecule has 0 aromatic rings. The van der Waals surface area contributed by atoms with E-state index in [9.17, 15) is 13.2 Å². The van der Waals surface area contributed by atoms with Crippen LogP contribution in [-0.2, 0) is 14.8 Å². The van der Waals surface area contributed by atoms with Crippen LogP contribution in [0.1, 0.15) is 52.4 Å². The molecule has 116 valence electrons. The molecule has 1 atom stereocenters. The number of likely N-dealkylation sites (tertiary alicyclic amines) is 1. The van der Waals surface area contributed by atoms with Gasteiger partial charge < -0.3 is 4.90 Å². The Morgan fingerprint density at radius 1 is 1.15 bits per heavy atom. The van der Waals surface area contributed by atoms with Gasteiger partial charge in [0.25, 0.3) is 0 Å². The van der Waals surface area contributed by atoms with Crippen LogP contribution in [-0.4, -0.2) is 43.6 Å². The third-order valence-corrected chi connectivity index (χ3v) is 6.23. The van der Waals surface area contributed by atoms with E-state index in [0.29, 0.717) is 19.5 Å². The minimum Gasteiger partial charge on any atom is -0.341 e. The van der Waals surface area contributed by atoms with Crippen molar-refractivity contribution in [3.05, 3.63) is 0 Å². The van der Waals surface area contributed by atoms with Gasteiger partial charge in [-0.3, -0.25) is 4.79 Å². The highest BCUT2D eigenvalue weighted by Crippen LogP contribution is 2.22. The topological polar surface area (TPSA) is 66.5 Å². The van der Waals surface area contributed by atoms with Gasteiger partial charge in [0, 0.05) is 25.0 Å². The van der Waals surface area contributed by atoms with Gasteiger partial charge in [-0.2, -0.15) is 0 Å². The number of nitrogens with zero attached hydrogens (tertiary/aromatic N) is 1. The van der Waals surface area contributed by atoms with Crippen LogP contribution in [0.3, 0.4) is 0 Å². The Morgan fingerprint density at radius 3 is 2.40 bits per heavy atom. The predicted molar refractivity (Wildman–Crippen MR) is 78.8 cm³/mol. The van der Waals surface area contributed by atoms with Gasteiger partial charge >= 0.3 is 0 Å². The Morgan fingerprint density at radius 2 is 1.80 bits per heavy atom. The van der Waals surface area contributed by atoms with Gasteiger partial charge in [-0.25, -0.2) is 13.1 Å². The van der Waals surface area contributed by atoms with E-state index in [1.165, 1.54) is 0 Å².